The number of amides is 1. The van der Waals surface area contributed by atoms with Crippen molar-refractivity contribution in [2.24, 2.45) is 5.73 Å². The van der Waals surface area contributed by atoms with E-state index in [9.17, 15) is 4.79 Å². The standard InChI is InChI=1S/C10H11N3O/c1-13-9(10(12)14)8-4-2-3-7(5-8)6-11/h2-5,9,13H,1H3,(H2,12,14). The lowest BCUT2D eigenvalue weighted by atomic mass is 10.0. The summed E-state index contributed by atoms with van der Waals surface area (Å²) in [5.41, 5.74) is 6.41. The highest BCUT2D eigenvalue weighted by molar-refractivity contribution is 5.81. The first kappa shape index (κ1) is 10.2. The van der Waals surface area contributed by atoms with E-state index in [0.717, 1.165) is 0 Å². The average Bonchev–Trinajstić information content (AvgIpc) is 2.19. The Bertz CT molecular complexity index is 381. The minimum Gasteiger partial charge on any atom is -0.368 e. The topological polar surface area (TPSA) is 78.9 Å². The van der Waals surface area contributed by atoms with Crippen LogP contribution in [0.5, 0.6) is 0 Å². The van der Waals surface area contributed by atoms with Crippen LogP contribution in [-0.4, -0.2) is 13.0 Å². The summed E-state index contributed by atoms with van der Waals surface area (Å²) in [6.45, 7) is 0. The number of nitrogens with two attached hydrogens (primary N) is 1. The van der Waals surface area contributed by atoms with E-state index in [4.69, 9.17) is 11.0 Å². The van der Waals surface area contributed by atoms with Crippen molar-refractivity contribution in [3.05, 3.63) is 35.4 Å². The van der Waals surface area contributed by atoms with Gasteiger partial charge < -0.3 is 11.1 Å². The zero-order valence-corrected chi connectivity index (χ0v) is 7.82. The van der Waals surface area contributed by atoms with Gasteiger partial charge in [0.15, 0.2) is 0 Å². The van der Waals surface area contributed by atoms with Gasteiger partial charge in [-0.1, -0.05) is 12.1 Å². The molecule has 0 aliphatic heterocycles. The van der Waals surface area contributed by atoms with Gasteiger partial charge in [-0.3, -0.25) is 4.79 Å². The molecule has 4 heteroatoms. The fourth-order valence-corrected chi connectivity index (χ4v) is 1.26. The van der Waals surface area contributed by atoms with Crippen LogP contribution >= 0.6 is 0 Å². The second kappa shape index (κ2) is 4.40. The van der Waals surface area contributed by atoms with Crippen LogP contribution in [-0.2, 0) is 4.79 Å². The van der Waals surface area contributed by atoms with Gasteiger partial charge in [0.2, 0.25) is 5.91 Å². The lowest BCUT2D eigenvalue weighted by Gasteiger charge is -2.12. The molecule has 0 aliphatic carbocycles. The van der Waals surface area contributed by atoms with Crippen molar-refractivity contribution < 1.29 is 4.79 Å². The number of rotatable bonds is 3. The number of hydrogen-bond acceptors (Lipinski definition) is 3. The number of primary amides is 1. The molecule has 0 saturated heterocycles. The molecule has 0 bridgehead atoms. The summed E-state index contributed by atoms with van der Waals surface area (Å²) >= 11 is 0. The fourth-order valence-electron chi connectivity index (χ4n) is 1.26. The fraction of sp³-hybridized carbons (Fsp3) is 0.200. The number of likely N-dealkylation sites (N-methyl/N-ethyl adjacent to an activating group) is 1. The molecule has 14 heavy (non-hydrogen) atoms. The van der Waals surface area contributed by atoms with Gasteiger partial charge >= 0.3 is 0 Å². The Morgan fingerprint density at radius 2 is 2.36 bits per heavy atom. The normalized spacial score (nSPS) is 11.7. The van der Waals surface area contributed by atoms with Crippen molar-refractivity contribution in [3.8, 4) is 6.07 Å². The predicted molar refractivity (Wildman–Crippen MR) is 52.2 cm³/mol. The molecule has 3 N–H and O–H groups in total. The molecule has 72 valence electrons. The van der Waals surface area contributed by atoms with Crippen LogP contribution in [0.2, 0.25) is 0 Å². The number of nitriles is 1. The summed E-state index contributed by atoms with van der Waals surface area (Å²) in [6.07, 6.45) is 0. The molecule has 1 rings (SSSR count). The zero-order chi connectivity index (χ0) is 10.6. The second-order valence-electron chi connectivity index (χ2n) is 2.86. The highest BCUT2D eigenvalue weighted by atomic mass is 16.1. The van der Waals surface area contributed by atoms with Gasteiger partial charge in [0.1, 0.15) is 6.04 Å². The summed E-state index contributed by atoms with van der Waals surface area (Å²) < 4.78 is 0. The Morgan fingerprint density at radius 1 is 1.64 bits per heavy atom. The molecular weight excluding hydrogens is 178 g/mol. The van der Waals surface area contributed by atoms with Crippen molar-refractivity contribution in [3.63, 3.8) is 0 Å². The smallest absolute Gasteiger partial charge is 0.239 e. The number of carbonyl (C=O) groups excluding carboxylic acids is 1. The van der Waals surface area contributed by atoms with Crippen LogP contribution in [0.4, 0.5) is 0 Å². The molecule has 0 aromatic heterocycles. The molecule has 1 aromatic carbocycles. The van der Waals surface area contributed by atoms with Crippen molar-refractivity contribution in [1.29, 1.82) is 5.26 Å². The van der Waals surface area contributed by atoms with Gasteiger partial charge in [-0.15, -0.1) is 0 Å². The number of nitrogens with zero attached hydrogens (tertiary/aromatic N) is 1. The predicted octanol–water partition coefficient (Wildman–Crippen LogP) is 0.304. The third-order valence-electron chi connectivity index (χ3n) is 1.92. The minimum absolute atomic E-state index is 0.456. The van der Waals surface area contributed by atoms with Crippen LogP contribution in [0.3, 0.4) is 0 Å². The van der Waals surface area contributed by atoms with Crippen LogP contribution in [0.25, 0.3) is 0 Å². The molecule has 1 aromatic rings. The zero-order valence-electron chi connectivity index (χ0n) is 7.82. The third kappa shape index (κ3) is 2.09. The van der Waals surface area contributed by atoms with Crippen LogP contribution < -0.4 is 11.1 Å². The van der Waals surface area contributed by atoms with Crippen LogP contribution in [0.15, 0.2) is 24.3 Å². The molecule has 1 unspecified atom stereocenters. The molecule has 0 fully saturated rings. The monoisotopic (exact) mass is 189 g/mol. The molecule has 1 atom stereocenters. The maximum Gasteiger partial charge on any atom is 0.239 e. The summed E-state index contributed by atoms with van der Waals surface area (Å²) in [5, 5.41) is 11.5. The lowest BCUT2D eigenvalue weighted by molar-refractivity contribution is -0.120. The summed E-state index contributed by atoms with van der Waals surface area (Å²) in [6, 6.07) is 8.27. The van der Waals surface area contributed by atoms with Crippen molar-refractivity contribution in [2.45, 2.75) is 6.04 Å². The Balaban J connectivity index is 3.05. The second-order valence-corrected chi connectivity index (χ2v) is 2.86. The van der Waals surface area contributed by atoms with E-state index in [1.54, 1.807) is 31.3 Å². The molecule has 0 aliphatic rings. The van der Waals surface area contributed by atoms with Gasteiger partial charge in [0, 0.05) is 0 Å². The molecule has 0 heterocycles. The average molecular weight is 189 g/mol. The highest BCUT2D eigenvalue weighted by Crippen LogP contribution is 2.13. The number of benzene rings is 1. The van der Waals surface area contributed by atoms with Gasteiger partial charge in [0.25, 0.3) is 0 Å². The minimum atomic E-state index is -0.539. The molecular formula is C10H11N3O. The Morgan fingerprint density at radius 3 is 2.86 bits per heavy atom. The SMILES string of the molecule is CNC(C(N)=O)c1cccc(C#N)c1. The number of nitrogens with one attached hydrogen (secondary N) is 1. The Labute approximate surface area is 82.3 Å². The molecule has 0 spiro atoms. The summed E-state index contributed by atoms with van der Waals surface area (Å²) in [5.74, 6) is -0.456. The molecule has 1 amide bonds. The van der Waals surface area contributed by atoms with E-state index < -0.39 is 11.9 Å². The van der Waals surface area contributed by atoms with Crippen LogP contribution in [0.1, 0.15) is 17.2 Å². The maximum atomic E-state index is 11.0. The summed E-state index contributed by atoms with van der Waals surface area (Å²) in [7, 11) is 1.65. The van der Waals surface area contributed by atoms with Crippen molar-refractivity contribution in [1.82, 2.24) is 5.32 Å². The van der Waals surface area contributed by atoms with Crippen molar-refractivity contribution >= 4 is 5.91 Å². The third-order valence-corrected chi connectivity index (χ3v) is 1.92. The number of carbonyl (C=O) groups is 1. The van der Waals surface area contributed by atoms with Gasteiger partial charge in [-0.2, -0.15) is 5.26 Å². The maximum absolute atomic E-state index is 11.0. The lowest BCUT2D eigenvalue weighted by Crippen LogP contribution is -2.31. The van der Waals surface area contributed by atoms with Crippen LogP contribution in [0, 0.1) is 11.3 Å². The Hall–Kier alpha value is -1.86. The van der Waals surface area contributed by atoms with Gasteiger partial charge in [-0.25, -0.2) is 0 Å². The van der Waals surface area contributed by atoms with Gasteiger partial charge in [0.05, 0.1) is 11.6 Å². The largest absolute Gasteiger partial charge is 0.368 e. The first-order valence-electron chi connectivity index (χ1n) is 4.15. The quantitative estimate of drug-likeness (QED) is 0.718. The first-order valence-corrected chi connectivity index (χ1v) is 4.15. The van der Waals surface area contributed by atoms with E-state index in [2.05, 4.69) is 5.32 Å². The highest BCUT2D eigenvalue weighted by Gasteiger charge is 2.14. The molecule has 4 nitrogen and oxygen atoms in total. The van der Waals surface area contributed by atoms with E-state index in [-0.39, 0.29) is 0 Å². The van der Waals surface area contributed by atoms with E-state index in [1.165, 1.54) is 0 Å². The van der Waals surface area contributed by atoms with Crippen molar-refractivity contribution in [2.75, 3.05) is 7.05 Å². The van der Waals surface area contributed by atoms with E-state index in [1.807, 2.05) is 6.07 Å². The van der Waals surface area contributed by atoms with E-state index >= 15 is 0 Å². The number of hydrogen-bond donors (Lipinski definition) is 2. The molecule has 0 saturated carbocycles. The molecule has 0 radical (unpaired) electrons. The van der Waals surface area contributed by atoms with E-state index in [0.29, 0.717) is 11.1 Å². The summed E-state index contributed by atoms with van der Waals surface area (Å²) in [4.78, 5) is 11.0. The first-order chi connectivity index (χ1) is 6.69. The van der Waals surface area contributed by atoms with Gasteiger partial charge in [-0.05, 0) is 24.7 Å². The Kier molecular flexibility index (Phi) is 3.21.